The standard InChI is InChI=1S/C23H25N3O4/c1-28-20-14-18(11-13-26(20)23(24)27)30-17-8-5-15(6-9-17)19-10-7-16-4-3-12-25-21(16)22(19)29-2/h3-10,12,18,20H,11,13-14H2,1-2H3,(H2,24,27). The average molecular weight is 407 g/mol. The summed E-state index contributed by atoms with van der Waals surface area (Å²) in [5.74, 6) is 1.52. The van der Waals surface area contributed by atoms with E-state index < -0.39 is 6.03 Å². The number of carbonyl (C=O) groups excluding carboxylic acids is 1. The smallest absolute Gasteiger partial charge is 0.316 e. The molecule has 1 saturated heterocycles. The zero-order valence-corrected chi connectivity index (χ0v) is 17.1. The predicted molar refractivity (Wildman–Crippen MR) is 114 cm³/mol. The minimum absolute atomic E-state index is 0.0456. The summed E-state index contributed by atoms with van der Waals surface area (Å²) in [6.07, 6.45) is 2.63. The second kappa shape index (κ2) is 8.59. The molecule has 7 nitrogen and oxygen atoms in total. The number of piperidine rings is 1. The molecule has 0 radical (unpaired) electrons. The van der Waals surface area contributed by atoms with E-state index in [0.717, 1.165) is 33.5 Å². The van der Waals surface area contributed by atoms with Gasteiger partial charge in [0.2, 0.25) is 0 Å². The van der Waals surface area contributed by atoms with Crippen molar-refractivity contribution in [2.75, 3.05) is 20.8 Å². The second-order valence-corrected chi connectivity index (χ2v) is 7.23. The Morgan fingerprint density at radius 3 is 2.63 bits per heavy atom. The molecule has 1 aliphatic rings. The topological polar surface area (TPSA) is 86.9 Å². The normalized spacial score (nSPS) is 18.9. The molecular formula is C23H25N3O4. The zero-order valence-electron chi connectivity index (χ0n) is 17.1. The first-order chi connectivity index (χ1) is 14.6. The Bertz CT molecular complexity index is 1040. The quantitative estimate of drug-likeness (QED) is 0.695. The van der Waals surface area contributed by atoms with Gasteiger partial charge in [-0.25, -0.2) is 4.79 Å². The molecule has 4 rings (SSSR count). The molecule has 2 heterocycles. The third-order valence-corrected chi connectivity index (χ3v) is 5.46. The molecule has 2 amide bonds. The fourth-order valence-electron chi connectivity index (χ4n) is 3.94. The molecule has 156 valence electrons. The van der Waals surface area contributed by atoms with E-state index >= 15 is 0 Å². The van der Waals surface area contributed by atoms with Crippen molar-refractivity contribution >= 4 is 16.9 Å². The zero-order chi connectivity index (χ0) is 21.1. The maximum atomic E-state index is 11.5. The molecule has 30 heavy (non-hydrogen) atoms. The molecule has 2 aromatic carbocycles. The molecule has 1 aromatic heterocycles. The Morgan fingerprint density at radius 1 is 1.13 bits per heavy atom. The van der Waals surface area contributed by atoms with Crippen LogP contribution in [0.25, 0.3) is 22.0 Å². The minimum atomic E-state index is -0.469. The van der Waals surface area contributed by atoms with Crippen LogP contribution in [0.2, 0.25) is 0 Å². The van der Waals surface area contributed by atoms with Gasteiger partial charge in [0.25, 0.3) is 0 Å². The number of benzene rings is 2. The molecule has 1 fully saturated rings. The molecule has 2 unspecified atom stereocenters. The van der Waals surface area contributed by atoms with Gasteiger partial charge in [-0.3, -0.25) is 9.88 Å². The number of nitrogens with two attached hydrogens (primary N) is 1. The monoisotopic (exact) mass is 407 g/mol. The van der Waals surface area contributed by atoms with E-state index in [1.165, 1.54) is 4.90 Å². The van der Waals surface area contributed by atoms with Crippen molar-refractivity contribution in [2.45, 2.75) is 25.2 Å². The number of methoxy groups -OCH3 is 2. The van der Waals surface area contributed by atoms with Gasteiger partial charge in [0.05, 0.1) is 7.11 Å². The summed E-state index contributed by atoms with van der Waals surface area (Å²) in [7, 11) is 3.23. The van der Waals surface area contributed by atoms with E-state index in [2.05, 4.69) is 4.98 Å². The van der Waals surface area contributed by atoms with Gasteiger partial charge in [-0.2, -0.15) is 0 Å². The second-order valence-electron chi connectivity index (χ2n) is 7.23. The maximum absolute atomic E-state index is 11.5. The Kier molecular flexibility index (Phi) is 5.72. The Balaban J connectivity index is 1.51. The number of carbonyl (C=O) groups is 1. The SMILES string of the molecule is COc1c(-c2ccc(OC3CCN(C(N)=O)C(OC)C3)cc2)ccc2cccnc12. The van der Waals surface area contributed by atoms with Gasteiger partial charge in [-0.15, -0.1) is 0 Å². The van der Waals surface area contributed by atoms with Crippen LogP contribution in [-0.2, 0) is 4.74 Å². The molecule has 1 aliphatic heterocycles. The van der Waals surface area contributed by atoms with Crippen LogP contribution in [0.4, 0.5) is 4.79 Å². The first-order valence-corrected chi connectivity index (χ1v) is 9.88. The van der Waals surface area contributed by atoms with Crippen molar-refractivity contribution in [3.05, 3.63) is 54.7 Å². The highest BCUT2D eigenvalue weighted by molar-refractivity contribution is 5.92. The number of rotatable bonds is 5. The van der Waals surface area contributed by atoms with Crippen LogP contribution in [0.3, 0.4) is 0 Å². The number of ether oxygens (including phenoxy) is 3. The summed E-state index contributed by atoms with van der Waals surface area (Å²) in [5.41, 5.74) is 8.25. The Hall–Kier alpha value is -3.32. The fourth-order valence-corrected chi connectivity index (χ4v) is 3.94. The lowest BCUT2D eigenvalue weighted by Gasteiger charge is -2.37. The molecule has 0 spiro atoms. The van der Waals surface area contributed by atoms with Crippen LogP contribution >= 0.6 is 0 Å². The van der Waals surface area contributed by atoms with Gasteiger partial charge < -0.3 is 19.9 Å². The molecular weight excluding hydrogens is 382 g/mol. The largest absolute Gasteiger partial charge is 0.494 e. The molecule has 7 heteroatoms. The predicted octanol–water partition coefficient (Wildman–Crippen LogP) is 3.80. The van der Waals surface area contributed by atoms with E-state index in [-0.39, 0.29) is 12.3 Å². The number of pyridine rings is 1. The van der Waals surface area contributed by atoms with Gasteiger partial charge in [0.1, 0.15) is 23.6 Å². The first-order valence-electron chi connectivity index (χ1n) is 9.88. The fraction of sp³-hybridized carbons (Fsp3) is 0.304. The van der Waals surface area contributed by atoms with E-state index in [4.69, 9.17) is 19.9 Å². The van der Waals surface area contributed by atoms with Gasteiger partial charge in [-0.05, 0) is 29.8 Å². The highest BCUT2D eigenvalue weighted by Crippen LogP contribution is 2.36. The van der Waals surface area contributed by atoms with Crippen LogP contribution in [0.15, 0.2) is 54.7 Å². The third-order valence-electron chi connectivity index (χ3n) is 5.46. The van der Waals surface area contributed by atoms with E-state index in [1.807, 2.05) is 48.5 Å². The lowest BCUT2D eigenvalue weighted by Crippen LogP contribution is -2.51. The van der Waals surface area contributed by atoms with Gasteiger partial charge >= 0.3 is 6.03 Å². The van der Waals surface area contributed by atoms with E-state index in [1.54, 1.807) is 20.4 Å². The number of primary amides is 1. The minimum Gasteiger partial charge on any atom is -0.494 e. The number of nitrogens with zero attached hydrogens (tertiary/aromatic N) is 2. The van der Waals surface area contributed by atoms with Crippen LogP contribution in [0.5, 0.6) is 11.5 Å². The van der Waals surface area contributed by atoms with E-state index in [0.29, 0.717) is 19.4 Å². The van der Waals surface area contributed by atoms with Crippen LogP contribution < -0.4 is 15.2 Å². The summed E-state index contributed by atoms with van der Waals surface area (Å²) < 4.78 is 17.2. The van der Waals surface area contributed by atoms with Crippen LogP contribution in [-0.4, -0.2) is 49.0 Å². The van der Waals surface area contributed by atoms with Crippen molar-refractivity contribution in [1.29, 1.82) is 0 Å². The van der Waals surface area contributed by atoms with Crippen LogP contribution in [0.1, 0.15) is 12.8 Å². The number of aromatic nitrogens is 1. The lowest BCUT2D eigenvalue weighted by atomic mass is 10.0. The number of urea groups is 1. The summed E-state index contributed by atoms with van der Waals surface area (Å²) in [5, 5.41) is 1.04. The third kappa shape index (κ3) is 3.89. The Labute approximate surface area is 175 Å². The van der Waals surface area contributed by atoms with Crippen molar-refractivity contribution in [1.82, 2.24) is 9.88 Å². The molecule has 3 aromatic rings. The average Bonchev–Trinajstić information content (AvgIpc) is 2.78. The molecule has 0 bridgehead atoms. The number of hydrogen-bond donors (Lipinski definition) is 1. The highest BCUT2D eigenvalue weighted by atomic mass is 16.5. The summed E-state index contributed by atoms with van der Waals surface area (Å²) in [4.78, 5) is 17.5. The highest BCUT2D eigenvalue weighted by Gasteiger charge is 2.31. The van der Waals surface area contributed by atoms with Crippen molar-refractivity contribution in [3.63, 3.8) is 0 Å². The van der Waals surface area contributed by atoms with Crippen molar-refractivity contribution in [2.24, 2.45) is 5.73 Å². The molecule has 0 saturated carbocycles. The molecule has 0 aliphatic carbocycles. The van der Waals surface area contributed by atoms with Crippen molar-refractivity contribution < 1.29 is 19.0 Å². The van der Waals surface area contributed by atoms with Crippen molar-refractivity contribution in [3.8, 4) is 22.6 Å². The van der Waals surface area contributed by atoms with Crippen LogP contribution in [0, 0.1) is 0 Å². The number of amides is 2. The summed E-state index contributed by atoms with van der Waals surface area (Å²) >= 11 is 0. The number of hydrogen-bond acceptors (Lipinski definition) is 5. The lowest BCUT2D eigenvalue weighted by molar-refractivity contribution is -0.0603. The number of fused-ring (bicyclic) bond motifs is 1. The first kappa shape index (κ1) is 20.0. The molecule has 2 N–H and O–H groups in total. The maximum Gasteiger partial charge on any atom is 0.316 e. The van der Waals surface area contributed by atoms with E-state index in [9.17, 15) is 4.79 Å². The Morgan fingerprint density at radius 2 is 1.93 bits per heavy atom. The van der Waals surface area contributed by atoms with Gasteiger partial charge in [0, 0.05) is 43.6 Å². The van der Waals surface area contributed by atoms with Gasteiger partial charge in [-0.1, -0.05) is 24.3 Å². The van der Waals surface area contributed by atoms with Gasteiger partial charge in [0.15, 0.2) is 5.75 Å². The number of likely N-dealkylation sites (tertiary alicyclic amines) is 1. The summed E-state index contributed by atoms with van der Waals surface area (Å²) in [6.45, 7) is 0.512. The molecule has 2 atom stereocenters. The summed E-state index contributed by atoms with van der Waals surface area (Å²) in [6, 6.07) is 15.5.